The van der Waals surface area contributed by atoms with Crippen molar-refractivity contribution < 1.29 is 22.3 Å². The maximum absolute atomic E-state index is 13.1. The first-order chi connectivity index (χ1) is 10.7. The number of rotatable bonds is 5. The van der Waals surface area contributed by atoms with Gasteiger partial charge in [0, 0.05) is 25.6 Å². The Labute approximate surface area is 139 Å². The number of amides is 1. The molecule has 23 heavy (non-hydrogen) atoms. The molecule has 1 aliphatic rings. The van der Waals surface area contributed by atoms with Crippen molar-refractivity contribution in [3.05, 3.63) is 34.6 Å². The van der Waals surface area contributed by atoms with Crippen molar-refractivity contribution >= 4 is 27.5 Å². The summed E-state index contributed by atoms with van der Waals surface area (Å²) >= 11 is 5.66. The van der Waals surface area contributed by atoms with Crippen LogP contribution in [0.5, 0.6) is 0 Å². The maximum Gasteiger partial charge on any atom is 0.251 e. The highest BCUT2D eigenvalue weighted by Crippen LogP contribution is 2.19. The van der Waals surface area contributed by atoms with Crippen LogP contribution < -0.4 is 5.32 Å². The maximum atomic E-state index is 13.1. The van der Waals surface area contributed by atoms with Crippen molar-refractivity contribution in [1.29, 1.82) is 0 Å². The molecule has 0 aliphatic carbocycles. The Bertz CT molecular complexity index is 696. The van der Waals surface area contributed by atoms with Gasteiger partial charge in [-0.1, -0.05) is 11.6 Å². The summed E-state index contributed by atoms with van der Waals surface area (Å²) in [4.78, 5) is 12.2. The van der Waals surface area contributed by atoms with Gasteiger partial charge in [0.25, 0.3) is 5.91 Å². The molecule has 2 rings (SSSR count). The van der Waals surface area contributed by atoms with E-state index >= 15 is 0 Å². The largest absolute Gasteiger partial charge is 0.379 e. The second-order valence-corrected chi connectivity index (χ2v) is 8.20. The summed E-state index contributed by atoms with van der Waals surface area (Å²) in [5.41, 5.74) is 0.206. The highest BCUT2D eigenvalue weighted by Gasteiger charge is 2.34. The molecule has 9 heteroatoms. The minimum Gasteiger partial charge on any atom is -0.379 e. The highest BCUT2D eigenvalue weighted by molar-refractivity contribution is 7.89. The van der Waals surface area contributed by atoms with Crippen LogP contribution in [0.3, 0.4) is 0 Å². The van der Waals surface area contributed by atoms with Crippen molar-refractivity contribution in [2.24, 2.45) is 5.92 Å². The zero-order chi connectivity index (χ0) is 17.2. The first-order valence-electron chi connectivity index (χ1n) is 6.94. The number of benzene rings is 1. The van der Waals surface area contributed by atoms with E-state index in [1.807, 2.05) is 0 Å². The Kier molecular flexibility index (Phi) is 5.61. The number of hydrogen-bond acceptors (Lipinski definition) is 4. The molecular formula is C14H18ClFN2O4S. The highest BCUT2D eigenvalue weighted by atomic mass is 35.5. The first kappa shape index (κ1) is 18.1. The molecule has 0 radical (unpaired) electrons. The zero-order valence-electron chi connectivity index (χ0n) is 12.8. The van der Waals surface area contributed by atoms with E-state index in [0.717, 1.165) is 10.4 Å². The second kappa shape index (κ2) is 7.12. The van der Waals surface area contributed by atoms with Crippen LogP contribution >= 0.6 is 11.6 Å². The van der Waals surface area contributed by atoms with Gasteiger partial charge in [-0.25, -0.2) is 17.1 Å². The van der Waals surface area contributed by atoms with E-state index in [0.29, 0.717) is 0 Å². The molecule has 0 spiro atoms. The Morgan fingerprint density at radius 3 is 2.74 bits per heavy atom. The van der Waals surface area contributed by atoms with E-state index in [1.165, 1.54) is 26.2 Å². The third kappa shape index (κ3) is 4.41. The van der Waals surface area contributed by atoms with E-state index in [1.54, 1.807) is 0 Å². The Morgan fingerprint density at radius 2 is 2.13 bits per heavy atom. The summed E-state index contributed by atoms with van der Waals surface area (Å²) in [6.45, 7) is 0.483. The molecule has 1 saturated heterocycles. The molecule has 1 fully saturated rings. The van der Waals surface area contributed by atoms with Crippen molar-refractivity contribution in [2.75, 3.05) is 33.1 Å². The van der Waals surface area contributed by atoms with Crippen LogP contribution in [0, 0.1) is 11.7 Å². The Hall–Kier alpha value is -1.22. The number of carbonyl (C=O) groups is 1. The van der Waals surface area contributed by atoms with Gasteiger partial charge in [-0.2, -0.15) is 0 Å². The lowest BCUT2D eigenvalue weighted by molar-refractivity contribution is 0.0926. The fraction of sp³-hybridized carbons (Fsp3) is 0.500. The molecule has 0 aromatic heterocycles. The molecule has 0 unspecified atom stereocenters. The fourth-order valence-corrected chi connectivity index (χ4v) is 3.58. The van der Waals surface area contributed by atoms with E-state index in [9.17, 15) is 17.6 Å². The van der Waals surface area contributed by atoms with Crippen molar-refractivity contribution in [1.82, 2.24) is 9.62 Å². The summed E-state index contributed by atoms with van der Waals surface area (Å²) in [7, 11) is -0.481. The summed E-state index contributed by atoms with van der Waals surface area (Å²) < 4.78 is 43.5. The SMILES string of the molecule is CN(C)S(=O)(=O)C[C@@H]1COC[C@H]1NC(=O)c1ccc(F)c(Cl)c1. The predicted octanol–water partition coefficient (Wildman–Crippen LogP) is 1.12. The minimum absolute atomic E-state index is 0.116. The predicted molar refractivity (Wildman–Crippen MR) is 84.4 cm³/mol. The number of halogens is 2. The molecule has 1 heterocycles. The molecule has 1 aromatic carbocycles. The molecule has 1 aliphatic heterocycles. The summed E-state index contributed by atoms with van der Waals surface area (Å²) in [5.74, 6) is -1.52. The van der Waals surface area contributed by atoms with Gasteiger partial charge in [-0.3, -0.25) is 4.79 Å². The van der Waals surface area contributed by atoms with Gasteiger partial charge >= 0.3 is 0 Å². The monoisotopic (exact) mass is 364 g/mol. The lowest BCUT2D eigenvalue weighted by Crippen LogP contribution is -2.43. The lowest BCUT2D eigenvalue weighted by Gasteiger charge is -2.21. The van der Waals surface area contributed by atoms with Gasteiger partial charge in [-0.15, -0.1) is 0 Å². The normalized spacial score (nSPS) is 21.6. The van der Waals surface area contributed by atoms with E-state index in [4.69, 9.17) is 16.3 Å². The fourth-order valence-electron chi connectivity index (χ4n) is 2.23. The topological polar surface area (TPSA) is 75.7 Å². The molecule has 1 N–H and O–H groups in total. The van der Waals surface area contributed by atoms with Crippen LogP contribution in [-0.2, 0) is 14.8 Å². The van der Waals surface area contributed by atoms with Gasteiger partial charge < -0.3 is 10.1 Å². The number of nitrogens with zero attached hydrogens (tertiary/aromatic N) is 1. The molecule has 128 valence electrons. The lowest BCUT2D eigenvalue weighted by atomic mass is 10.1. The molecule has 6 nitrogen and oxygen atoms in total. The summed E-state index contributed by atoms with van der Waals surface area (Å²) in [6.07, 6.45) is 0. The van der Waals surface area contributed by atoms with Gasteiger partial charge in [0.2, 0.25) is 10.0 Å². The van der Waals surface area contributed by atoms with Crippen LogP contribution in [0.15, 0.2) is 18.2 Å². The van der Waals surface area contributed by atoms with Gasteiger partial charge in [0.15, 0.2) is 0 Å². The van der Waals surface area contributed by atoms with Gasteiger partial charge in [0.05, 0.1) is 30.0 Å². The molecule has 2 atom stereocenters. The Morgan fingerprint density at radius 1 is 1.43 bits per heavy atom. The standard InChI is InChI=1S/C14H18ClFN2O4S/c1-18(2)23(20,21)8-10-6-22-7-13(10)17-14(19)9-3-4-12(16)11(15)5-9/h3-5,10,13H,6-8H2,1-2H3,(H,17,19)/t10-,13+/m0/s1. The van der Waals surface area contributed by atoms with E-state index < -0.39 is 27.8 Å². The molecule has 1 amide bonds. The van der Waals surface area contributed by atoms with Crippen LogP contribution in [-0.4, -0.2) is 57.7 Å². The average Bonchev–Trinajstić information content (AvgIpc) is 2.88. The number of hydrogen-bond donors (Lipinski definition) is 1. The summed E-state index contributed by atoms with van der Waals surface area (Å²) in [5, 5.41) is 2.58. The third-order valence-electron chi connectivity index (χ3n) is 3.68. The van der Waals surface area contributed by atoms with Crippen LogP contribution in [0.1, 0.15) is 10.4 Å². The van der Waals surface area contributed by atoms with Crippen molar-refractivity contribution in [3.63, 3.8) is 0 Å². The van der Waals surface area contributed by atoms with Gasteiger partial charge in [-0.05, 0) is 18.2 Å². The molecule has 1 aromatic rings. The quantitative estimate of drug-likeness (QED) is 0.849. The third-order valence-corrected chi connectivity index (χ3v) is 5.93. The van der Waals surface area contributed by atoms with Crippen molar-refractivity contribution in [3.8, 4) is 0 Å². The number of nitrogens with one attached hydrogen (secondary N) is 1. The van der Waals surface area contributed by atoms with Crippen LogP contribution in [0.25, 0.3) is 0 Å². The minimum atomic E-state index is -3.40. The summed E-state index contributed by atoms with van der Waals surface area (Å²) in [6, 6.07) is 3.23. The van der Waals surface area contributed by atoms with Crippen molar-refractivity contribution in [2.45, 2.75) is 6.04 Å². The van der Waals surface area contributed by atoms with Crippen LogP contribution in [0.2, 0.25) is 5.02 Å². The zero-order valence-corrected chi connectivity index (χ0v) is 14.3. The number of ether oxygens (including phenoxy) is 1. The smallest absolute Gasteiger partial charge is 0.251 e. The first-order valence-corrected chi connectivity index (χ1v) is 8.93. The molecule has 0 saturated carbocycles. The Balaban J connectivity index is 2.06. The van der Waals surface area contributed by atoms with Crippen LogP contribution in [0.4, 0.5) is 4.39 Å². The van der Waals surface area contributed by atoms with E-state index in [-0.39, 0.29) is 35.5 Å². The number of carbonyl (C=O) groups excluding carboxylic acids is 1. The molecular weight excluding hydrogens is 347 g/mol. The van der Waals surface area contributed by atoms with Gasteiger partial charge in [0.1, 0.15) is 5.82 Å². The average molecular weight is 365 g/mol. The second-order valence-electron chi connectivity index (χ2n) is 5.57. The van der Waals surface area contributed by atoms with E-state index in [2.05, 4.69) is 5.32 Å². The molecule has 0 bridgehead atoms. The number of sulfonamides is 1.